The first-order chi connectivity index (χ1) is 16.6. The highest BCUT2D eigenvalue weighted by Gasteiger charge is 2.24. The molecule has 2 aromatic carbocycles. The summed E-state index contributed by atoms with van der Waals surface area (Å²) in [5, 5.41) is 0. The van der Waals surface area contributed by atoms with E-state index in [1.54, 1.807) is 18.7 Å². The molecule has 0 amide bonds. The molecule has 6 heteroatoms. The average Bonchev–Trinajstić information content (AvgIpc) is 3.16. The van der Waals surface area contributed by atoms with Gasteiger partial charge in [-0.05, 0) is 37.5 Å². The number of hydrogen-bond donors (Lipinski definition) is 0. The SMILES string of the molecule is CCCCCCc1c(-c2ccccc2)n(COC)n2c(=O)c(-c3ccc(OC)cc3)c(C)nc12. The molecule has 0 unspecified atom stereocenters. The number of aryl methyl sites for hydroxylation is 2. The summed E-state index contributed by atoms with van der Waals surface area (Å²) >= 11 is 0. The van der Waals surface area contributed by atoms with E-state index < -0.39 is 0 Å². The Labute approximate surface area is 200 Å². The highest BCUT2D eigenvalue weighted by atomic mass is 16.5. The molecule has 0 saturated heterocycles. The quantitative estimate of drug-likeness (QED) is 0.278. The fourth-order valence-corrected chi connectivity index (χ4v) is 4.61. The van der Waals surface area contributed by atoms with Crippen LogP contribution in [0.15, 0.2) is 59.4 Å². The minimum atomic E-state index is -0.0956. The number of nitrogens with zero attached hydrogens (tertiary/aromatic N) is 3. The van der Waals surface area contributed by atoms with Crippen LogP contribution >= 0.6 is 0 Å². The van der Waals surface area contributed by atoms with E-state index in [0.717, 1.165) is 53.1 Å². The van der Waals surface area contributed by atoms with Crippen LogP contribution in [0.3, 0.4) is 0 Å². The Hall–Kier alpha value is -3.38. The molecule has 0 aliphatic carbocycles. The van der Waals surface area contributed by atoms with Crippen LogP contribution in [0.5, 0.6) is 5.75 Å². The second-order valence-electron chi connectivity index (χ2n) is 8.56. The molecule has 2 aromatic heterocycles. The van der Waals surface area contributed by atoms with Crippen LogP contribution in [0.25, 0.3) is 28.0 Å². The summed E-state index contributed by atoms with van der Waals surface area (Å²) in [5.41, 5.74) is 5.90. The Morgan fingerprint density at radius 1 is 0.912 bits per heavy atom. The van der Waals surface area contributed by atoms with E-state index in [1.165, 1.54) is 12.8 Å². The molecule has 0 spiro atoms. The van der Waals surface area contributed by atoms with Gasteiger partial charge in [0.25, 0.3) is 5.56 Å². The zero-order chi connectivity index (χ0) is 24.1. The van der Waals surface area contributed by atoms with Crippen LogP contribution in [0.1, 0.15) is 43.9 Å². The molecule has 0 fully saturated rings. The van der Waals surface area contributed by atoms with E-state index in [9.17, 15) is 4.79 Å². The van der Waals surface area contributed by atoms with Crippen LogP contribution in [0, 0.1) is 6.92 Å². The smallest absolute Gasteiger partial charge is 0.281 e. The molecule has 0 aliphatic heterocycles. The van der Waals surface area contributed by atoms with Crippen LogP contribution in [-0.2, 0) is 17.9 Å². The highest BCUT2D eigenvalue weighted by Crippen LogP contribution is 2.31. The van der Waals surface area contributed by atoms with E-state index in [-0.39, 0.29) is 12.3 Å². The molecule has 0 bridgehead atoms. The number of unbranched alkanes of at least 4 members (excludes halogenated alkanes) is 3. The molecular weight excluding hydrogens is 426 g/mol. The van der Waals surface area contributed by atoms with Crippen molar-refractivity contribution < 1.29 is 9.47 Å². The predicted octanol–water partition coefficient (Wildman–Crippen LogP) is 5.87. The first-order valence-corrected chi connectivity index (χ1v) is 11.9. The van der Waals surface area contributed by atoms with Crippen molar-refractivity contribution in [2.75, 3.05) is 14.2 Å². The number of fused-ring (bicyclic) bond motifs is 1. The van der Waals surface area contributed by atoms with Gasteiger partial charge in [0.1, 0.15) is 12.5 Å². The van der Waals surface area contributed by atoms with Crippen molar-refractivity contribution in [2.24, 2.45) is 0 Å². The van der Waals surface area contributed by atoms with Gasteiger partial charge in [-0.2, -0.15) is 4.52 Å². The second kappa shape index (κ2) is 10.7. The van der Waals surface area contributed by atoms with Crippen molar-refractivity contribution in [1.29, 1.82) is 0 Å². The predicted molar refractivity (Wildman–Crippen MR) is 136 cm³/mol. The number of aromatic nitrogens is 3. The van der Waals surface area contributed by atoms with Crippen LogP contribution in [-0.4, -0.2) is 28.4 Å². The summed E-state index contributed by atoms with van der Waals surface area (Å²) < 4.78 is 14.5. The number of ether oxygens (including phenoxy) is 2. The van der Waals surface area contributed by atoms with Gasteiger partial charge in [0.2, 0.25) is 0 Å². The molecule has 0 atom stereocenters. The monoisotopic (exact) mass is 459 g/mol. The van der Waals surface area contributed by atoms with Gasteiger partial charge in [0, 0.05) is 18.2 Å². The fourth-order valence-electron chi connectivity index (χ4n) is 4.61. The zero-order valence-corrected chi connectivity index (χ0v) is 20.5. The topological polar surface area (TPSA) is 57.8 Å². The first kappa shape index (κ1) is 23.8. The van der Waals surface area contributed by atoms with Crippen LogP contribution in [0.4, 0.5) is 0 Å². The Balaban J connectivity index is 1.99. The van der Waals surface area contributed by atoms with Crippen molar-refractivity contribution in [1.82, 2.24) is 14.2 Å². The van der Waals surface area contributed by atoms with E-state index in [4.69, 9.17) is 14.5 Å². The summed E-state index contributed by atoms with van der Waals surface area (Å²) in [4.78, 5) is 19.0. The molecule has 178 valence electrons. The van der Waals surface area contributed by atoms with Gasteiger partial charge in [-0.25, -0.2) is 9.67 Å². The molecule has 0 radical (unpaired) electrons. The van der Waals surface area contributed by atoms with E-state index in [2.05, 4.69) is 19.1 Å². The number of hydrogen-bond acceptors (Lipinski definition) is 4. The Bertz CT molecular complexity index is 1310. The largest absolute Gasteiger partial charge is 0.497 e. The normalized spacial score (nSPS) is 11.3. The van der Waals surface area contributed by atoms with Gasteiger partial charge in [-0.3, -0.25) is 4.79 Å². The number of methoxy groups -OCH3 is 2. The van der Waals surface area contributed by atoms with Crippen LogP contribution in [0.2, 0.25) is 0 Å². The lowest BCUT2D eigenvalue weighted by Gasteiger charge is -2.12. The molecular formula is C28H33N3O3. The van der Waals surface area contributed by atoms with Crippen molar-refractivity contribution in [3.8, 4) is 28.1 Å². The first-order valence-electron chi connectivity index (χ1n) is 11.9. The average molecular weight is 460 g/mol. The van der Waals surface area contributed by atoms with E-state index in [0.29, 0.717) is 11.2 Å². The van der Waals surface area contributed by atoms with Gasteiger partial charge in [-0.1, -0.05) is 68.7 Å². The lowest BCUT2D eigenvalue weighted by molar-refractivity contribution is 0.118. The summed E-state index contributed by atoms with van der Waals surface area (Å²) in [7, 11) is 3.28. The molecule has 0 saturated carbocycles. The maximum absolute atomic E-state index is 14.0. The van der Waals surface area contributed by atoms with Crippen molar-refractivity contribution in [2.45, 2.75) is 52.7 Å². The number of benzene rings is 2. The summed E-state index contributed by atoms with van der Waals surface area (Å²) in [6, 6.07) is 17.8. The van der Waals surface area contributed by atoms with Gasteiger partial charge in [0.05, 0.1) is 24.1 Å². The van der Waals surface area contributed by atoms with E-state index >= 15 is 0 Å². The number of rotatable bonds is 10. The molecule has 0 aliphatic rings. The Morgan fingerprint density at radius 2 is 1.65 bits per heavy atom. The fraction of sp³-hybridized carbons (Fsp3) is 0.357. The Morgan fingerprint density at radius 3 is 2.29 bits per heavy atom. The summed E-state index contributed by atoms with van der Waals surface area (Å²) in [6.45, 7) is 4.38. The summed E-state index contributed by atoms with van der Waals surface area (Å²) in [6.07, 6.45) is 5.44. The summed E-state index contributed by atoms with van der Waals surface area (Å²) in [5.74, 6) is 0.749. The van der Waals surface area contributed by atoms with Gasteiger partial charge in [-0.15, -0.1) is 0 Å². The molecule has 34 heavy (non-hydrogen) atoms. The van der Waals surface area contributed by atoms with Crippen molar-refractivity contribution in [3.05, 3.63) is 76.2 Å². The van der Waals surface area contributed by atoms with E-state index in [1.807, 2.05) is 54.1 Å². The second-order valence-corrected chi connectivity index (χ2v) is 8.56. The Kier molecular flexibility index (Phi) is 7.48. The maximum Gasteiger partial charge on any atom is 0.281 e. The lowest BCUT2D eigenvalue weighted by Crippen LogP contribution is -2.25. The van der Waals surface area contributed by atoms with Gasteiger partial charge < -0.3 is 9.47 Å². The van der Waals surface area contributed by atoms with Crippen molar-refractivity contribution in [3.63, 3.8) is 0 Å². The third kappa shape index (κ3) is 4.50. The minimum absolute atomic E-state index is 0.0956. The third-order valence-corrected chi connectivity index (χ3v) is 6.26. The van der Waals surface area contributed by atoms with Gasteiger partial charge >= 0.3 is 0 Å². The maximum atomic E-state index is 14.0. The van der Waals surface area contributed by atoms with Crippen LogP contribution < -0.4 is 10.3 Å². The molecule has 0 N–H and O–H groups in total. The molecule has 4 aromatic rings. The highest BCUT2D eigenvalue weighted by molar-refractivity contribution is 5.74. The van der Waals surface area contributed by atoms with Gasteiger partial charge in [0.15, 0.2) is 5.65 Å². The standard InChI is InChI=1S/C28H33N3O3/c1-5-6-7-11-14-24-26(22-12-9-8-10-13-22)30(19-33-3)31-27(24)29-20(2)25(28(31)32)21-15-17-23(34-4)18-16-21/h8-10,12-13,15-18H,5-7,11,14,19H2,1-4H3. The third-order valence-electron chi connectivity index (χ3n) is 6.26. The molecule has 6 nitrogen and oxygen atoms in total. The lowest BCUT2D eigenvalue weighted by atomic mass is 10.0. The zero-order valence-electron chi connectivity index (χ0n) is 20.5. The van der Waals surface area contributed by atoms with Crippen molar-refractivity contribution >= 4 is 5.65 Å². The molecule has 4 rings (SSSR count). The minimum Gasteiger partial charge on any atom is -0.497 e. The molecule has 2 heterocycles.